The van der Waals surface area contributed by atoms with Crippen molar-refractivity contribution in [3.8, 4) is 11.4 Å². The van der Waals surface area contributed by atoms with Gasteiger partial charge in [-0.1, -0.05) is 35.0 Å². The highest BCUT2D eigenvalue weighted by atomic mass is 16.5. The van der Waals surface area contributed by atoms with Crippen LogP contribution in [0.25, 0.3) is 5.69 Å². The summed E-state index contributed by atoms with van der Waals surface area (Å²) in [4.78, 5) is 17.5. The van der Waals surface area contributed by atoms with E-state index in [0.717, 1.165) is 49.7 Å². The number of benzene rings is 2. The number of carbonyl (C=O) groups excluding carboxylic acids is 1. The maximum absolute atomic E-state index is 13.2. The lowest BCUT2D eigenvalue weighted by molar-refractivity contribution is 0.0754. The van der Waals surface area contributed by atoms with Gasteiger partial charge in [0.25, 0.3) is 5.91 Å². The van der Waals surface area contributed by atoms with Crippen molar-refractivity contribution in [1.29, 1.82) is 0 Å². The van der Waals surface area contributed by atoms with Gasteiger partial charge in [-0.05, 0) is 50.1 Å². The molecule has 7 heteroatoms. The summed E-state index contributed by atoms with van der Waals surface area (Å²) in [5, 5.41) is 8.46. The van der Waals surface area contributed by atoms with Crippen LogP contribution in [0.3, 0.4) is 0 Å². The smallest absolute Gasteiger partial charge is 0.276 e. The average molecular weight is 420 g/mol. The van der Waals surface area contributed by atoms with Crippen LogP contribution in [-0.4, -0.2) is 64.0 Å². The van der Waals surface area contributed by atoms with Crippen LogP contribution in [0.5, 0.6) is 5.75 Å². The maximum Gasteiger partial charge on any atom is 0.276 e. The van der Waals surface area contributed by atoms with Gasteiger partial charge in [0.05, 0.1) is 18.5 Å². The van der Waals surface area contributed by atoms with Crippen molar-refractivity contribution in [2.24, 2.45) is 0 Å². The first kappa shape index (κ1) is 21.1. The normalized spacial score (nSPS) is 15.0. The van der Waals surface area contributed by atoms with Gasteiger partial charge in [0, 0.05) is 32.7 Å². The van der Waals surface area contributed by atoms with Crippen molar-refractivity contribution < 1.29 is 9.53 Å². The number of hydrogen-bond acceptors (Lipinski definition) is 5. The van der Waals surface area contributed by atoms with Gasteiger partial charge in [-0.15, -0.1) is 5.10 Å². The fourth-order valence-electron chi connectivity index (χ4n) is 3.93. The van der Waals surface area contributed by atoms with E-state index >= 15 is 0 Å². The molecule has 0 bridgehead atoms. The Morgan fingerprint density at radius 1 is 0.968 bits per heavy atom. The number of rotatable bonds is 5. The third-order valence-electron chi connectivity index (χ3n) is 5.82. The van der Waals surface area contributed by atoms with Gasteiger partial charge in [-0.3, -0.25) is 9.69 Å². The predicted molar refractivity (Wildman–Crippen MR) is 120 cm³/mol. The Hall–Kier alpha value is -3.19. The van der Waals surface area contributed by atoms with Crippen LogP contribution in [0.1, 0.15) is 33.7 Å². The third kappa shape index (κ3) is 4.77. The van der Waals surface area contributed by atoms with Crippen molar-refractivity contribution >= 4 is 5.91 Å². The molecule has 0 radical (unpaired) electrons. The van der Waals surface area contributed by atoms with E-state index in [9.17, 15) is 4.79 Å². The molecule has 3 aromatic rings. The Balaban J connectivity index is 1.41. The highest BCUT2D eigenvalue weighted by molar-refractivity contribution is 5.93. The minimum Gasteiger partial charge on any atom is -0.497 e. The number of aryl methyl sites for hydroxylation is 1. The van der Waals surface area contributed by atoms with E-state index in [1.165, 1.54) is 11.1 Å². The monoisotopic (exact) mass is 419 g/mol. The molecule has 31 heavy (non-hydrogen) atoms. The Morgan fingerprint density at radius 3 is 2.42 bits per heavy atom. The van der Waals surface area contributed by atoms with Crippen molar-refractivity contribution in [2.45, 2.75) is 26.8 Å². The first-order chi connectivity index (χ1) is 15.0. The number of ether oxygens (including phenoxy) is 1. The van der Waals surface area contributed by atoms with Gasteiger partial charge in [0.2, 0.25) is 0 Å². The topological polar surface area (TPSA) is 63.5 Å². The summed E-state index contributed by atoms with van der Waals surface area (Å²) in [6, 6.07) is 16.2. The molecule has 0 unspecified atom stereocenters. The third-order valence-corrected chi connectivity index (χ3v) is 5.82. The molecule has 2 aromatic carbocycles. The van der Waals surface area contributed by atoms with Crippen LogP contribution < -0.4 is 4.74 Å². The fourth-order valence-corrected chi connectivity index (χ4v) is 3.93. The SMILES string of the molecule is COc1ccc(CN2CCCN(C(=O)c3nnn(-c4ccc(C)cc4)c3C)CC2)cc1. The Labute approximate surface area is 183 Å². The number of hydrogen-bond donors (Lipinski definition) is 0. The summed E-state index contributed by atoms with van der Waals surface area (Å²) in [5.74, 6) is 0.826. The lowest BCUT2D eigenvalue weighted by Gasteiger charge is -2.21. The molecule has 1 saturated heterocycles. The molecule has 0 N–H and O–H groups in total. The number of methoxy groups -OCH3 is 1. The molecule has 0 spiro atoms. The fraction of sp³-hybridized carbons (Fsp3) is 0.375. The number of nitrogens with zero attached hydrogens (tertiary/aromatic N) is 5. The van der Waals surface area contributed by atoms with Crippen LogP contribution in [0, 0.1) is 13.8 Å². The zero-order chi connectivity index (χ0) is 21.8. The van der Waals surface area contributed by atoms with Crippen LogP contribution in [0.2, 0.25) is 0 Å². The Morgan fingerprint density at radius 2 is 1.71 bits per heavy atom. The molecular formula is C24H29N5O2. The zero-order valence-corrected chi connectivity index (χ0v) is 18.4. The first-order valence-corrected chi connectivity index (χ1v) is 10.7. The molecule has 1 fully saturated rings. The summed E-state index contributed by atoms with van der Waals surface area (Å²) in [7, 11) is 1.68. The molecule has 1 aliphatic heterocycles. The molecule has 7 nitrogen and oxygen atoms in total. The Bertz CT molecular complexity index is 1030. The van der Waals surface area contributed by atoms with Gasteiger partial charge in [0.1, 0.15) is 5.75 Å². The van der Waals surface area contributed by atoms with Crippen LogP contribution in [0.15, 0.2) is 48.5 Å². The number of aromatic nitrogens is 3. The van der Waals surface area contributed by atoms with Crippen LogP contribution >= 0.6 is 0 Å². The quantitative estimate of drug-likeness (QED) is 0.635. The second-order valence-corrected chi connectivity index (χ2v) is 8.04. The van der Waals surface area contributed by atoms with Gasteiger partial charge >= 0.3 is 0 Å². The van der Waals surface area contributed by atoms with Crippen molar-refractivity contribution in [3.63, 3.8) is 0 Å². The van der Waals surface area contributed by atoms with Gasteiger partial charge in [-0.25, -0.2) is 4.68 Å². The second-order valence-electron chi connectivity index (χ2n) is 8.04. The van der Waals surface area contributed by atoms with Crippen molar-refractivity contribution in [2.75, 3.05) is 33.3 Å². The predicted octanol–water partition coefficient (Wildman–Crippen LogP) is 3.24. The summed E-state index contributed by atoms with van der Waals surface area (Å²) in [6.07, 6.45) is 0.938. The second kappa shape index (κ2) is 9.31. The highest BCUT2D eigenvalue weighted by Crippen LogP contribution is 2.17. The van der Waals surface area contributed by atoms with E-state index in [2.05, 4.69) is 27.3 Å². The van der Waals surface area contributed by atoms with E-state index in [1.807, 2.05) is 55.1 Å². The van der Waals surface area contributed by atoms with Gasteiger partial charge in [0.15, 0.2) is 5.69 Å². The van der Waals surface area contributed by atoms with Crippen molar-refractivity contribution in [3.05, 3.63) is 71.0 Å². The van der Waals surface area contributed by atoms with Crippen LogP contribution in [-0.2, 0) is 6.54 Å². The largest absolute Gasteiger partial charge is 0.497 e. The lowest BCUT2D eigenvalue weighted by atomic mass is 10.2. The van der Waals surface area contributed by atoms with E-state index in [-0.39, 0.29) is 5.91 Å². The van der Waals surface area contributed by atoms with Crippen LogP contribution in [0.4, 0.5) is 0 Å². The van der Waals surface area contributed by atoms with E-state index in [0.29, 0.717) is 12.2 Å². The molecule has 0 aliphatic carbocycles. The summed E-state index contributed by atoms with van der Waals surface area (Å²) in [5.41, 5.74) is 4.55. The zero-order valence-electron chi connectivity index (χ0n) is 18.4. The molecule has 0 saturated carbocycles. The molecule has 1 aliphatic rings. The molecule has 2 heterocycles. The van der Waals surface area contributed by atoms with Crippen molar-refractivity contribution in [1.82, 2.24) is 24.8 Å². The van der Waals surface area contributed by atoms with Gasteiger partial charge < -0.3 is 9.64 Å². The average Bonchev–Trinajstić information content (AvgIpc) is 3.01. The van der Waals surface area contributed by atoms with E-state index in [4.69, 9.17) is 4.74 Å². The van der Waals surface area contributed by atoms with E-state index < -0.39 is 0 Å². The lowest BCUT2D eigenvalue weighted by Crippen LogP contribution is -2.35. The van der Waals surface area contributed by atoms with Gasteiger partial charge in [-0.2, -0.15) is 0 Å². The molecule has 1 amide bonds. The minimum atomic E-state index is -0.0397. The minimum absolute atomic E-state index is 0.0397. The Kier molecular flexibility index (Phi) is 6.32. The standard InChI is InChI=1S/C24H29N5O2/c1-18-5-9-21(10-6-18)29-19(2)23(25-26-29)24(30)28-14-4-13-27(15-16-28)17-20-7-11-22(31-3)12-8-20/h5-12H,4,13-17H2,1-3H3. The summed E-state index contributed by atoms with van der Waals surface area (Å²) in [6.45, 7) is 8.04. The molecule has 162 valence electrons. The molecular weight excluding hydrogens is 390 g/mol. The summed E-state index contributed by atoms with van der Waals surface area (Å²) < 4.78 is 6.97. The highest BCUT2D eigenvalue weighted by Gasteiger charge is 2.25. The first-order valence-electron chi connectivity index (χ1n) is 10.7. The maximum atomic E-state index is 13.2. The number of carbonyl (C=O) groups is 1. The number of amides is 1. The molecule has 4 rings (SSSR count). The molecule has 0 atom stereocenters. The molecule has 1 aromatic heterocycles. The summed E-state index contributed by atoms with van der Waals surface area (Å²) >= 11 is 0. The van der Waals surface area contributed by atoms with E-state index in [1.54, 1.807) is 11.8 Å².